The van der Waals surface area contributed by atoms with Crippen molar-refractivity contribution >= 4 is 43.5 Å². The van der Waals surface area contributed by atoms with Crippen molar-refractivity contribution < 1.29 is 9.84 Å². The fraction of sp³-hybridized carbons (Fsp3) is 0.867. The summed E-state index contributed by atoms with van der Waals surface area (Å²) in [5, 5.41) is 11.1. The summed E-state index contributed by atoms with van der Waals surface area (Å²) in [6.45, 7) is 8.30. The van der Waals surface area contributed by atoms with Crippen LogP contribution in [0.25, 0.3) is 0 Å². The maximum Gasteiger partial charge on any atom is 0.147 e. The number of aliphatic hydroxyl groups is 1. The molecule has 1 N–H and O–H groups in total. The van der Waals surface area contributed by atoms with Gasteiger partial charge in [0.05, 0.1) is 16.6 Å². The van der Waals surface area contributed by atoms with Crippen molar-refractivity contribution in [1.82, 2.24) is 0 Å². The van der Waals surface area contributed by atoms with Crippen LogP contribution in [0, 0.1) is 10.8 Å². The highest BCUT2D eigenvalue weighted by molar-refractivity contribution is 9.10. The van der Waals surface area contributed by atoms with Crippen LogP contribution >= 0.6 is 43.5 Å². The van der Waals surface area contributed by atoms with E-state index < -0.39 is 10.1 Å². The Kier molecular flexibility index (Phi) is 3.20. The van der Waals surface area contributed by atoms with Gasteiger partial charge in [-0.15, -0.1) is 11.6 Å². The topological polar surface area (TPSA) is 29.5 Å². The zero-order valence-electron chi connectivity index (χ0n) is 12.2. The quantitative estimate of drug-likeness (QED) is 0.459. The number of fused-ring (bicyclic) bond motifs is 1. The van der Waals surface area contributed by atoms with Crippen molar-refractivity contribution in [2.24, 2.45) is 10.8 Å². The lowest BCUT2D eigenvalue weighted by Crippen LogP contribution is -2.65. The smallest absolute Gasteiger partial charge is 0.147 e. The van der Waals surface area contributed by atoms with E-state index in [9.17, 15) is 5.11 Å². The van der Waals surface area contributed by atoms with Gasteiger partial charge in [-0.05, 0) is 48.7 Å². The molecular formula is C15H21Br2ClO2. The van der Waals surface area contributed by atoms with Gasteiger partial charge in [0.1, 0.15) is 4.51 Å². The molecule has 114 valence electrons. The average Bonchev–Trinajstić information content (AvgIpc) is 2.37. The van der Waals surface area contributed by atoms with Crippen LogP contribution in [0.2, 0.25) is 0 Å². The molecule has 0 unspecified atom stereocenters. The van der Waals surface area contributed by atoms with Crippen LogP contribution in [-0.2, 0) is 4.74 Å². The Labute approximate surface area is 142 Å². The van der Waals surface area contributed by atoms with Gasteiger partial charge in [-0.25, -0.2) is 0 Å². The Morgan fingerprint density at radius 1 is 1.20 bits per heavy atom. The second-order valence-electron chi connectivity index (χ2n) is 7.48. The zero-order valence-corrected chi connectivity index (χ0v) is 16.1. The number of alkyl halides is 3. The van der Waals surface area contributed by atoms with E-state index in [2.05, 4.69) is 45.7 Å². The first-order valence-electron chi connectivity index (χ1n) is 7.02. The summed E-state index contributed by atoms with van der Waals surface area (Å²) in [7, 11) is 0. The minimum atomic E-state index is -0.908. The second-order valence-corrected chi connectivity index (χ2v) is 10.6. The molecule has 1 heterocycles. The molecule has 3 aliphatic rings. The number of halogens is 3. The Bertz CT molecular complexity index is 488. The summed E-state index contributed by atoms with van der Waals surface area (Å²) >= 11 is 14.2. The van der Waals surface area contributed by atoms with Gasteiger partial charge in [0.2, 0.25) is 0 Å². The minimum absolute atomic E-state index is 0.0711. The molecule has 2 nitrogen and oxygen atoms in total. The minimum Gasteiger partial charge on any atom is -0.385 e. The highest BCUT2D eigenvalue weighted by atomic mass is 79.9. The van der Waals surface area contributed by atoms with Crippen LogP contribution in [0.15, 0.2) is 12.2 Å². The molecule has 0 radical (unpaired) electrons. The molecule has 3 rings (SSSR count). The van der Waals surface area contributed by atoms with E-state index >= 15 is 0 Å². The molecule has 1 saturated carbocycles. The maximum atomic E-state index is 11.1. The van der Waals surface area contributed by atoms with Crippen LogP contribution in [0.4, 0.5) is 0 Å². The third kappa shape index (κ3) is 1.58. The van der Waals surface area contributed by atoms with Crippen LogP contribution in [0.3, 0.4) is 0 Å². The van der Waals surface area contributed by atoms with E-state index in [1.807, 2.05) is 26.0 Å². The highest BCUT2D eigenvalue weighted by Crippen LogP contribution is 2.73. The van der Waals surface area contributed by atoms with Crippen molar-refractivity contribution in [2.75, 3.05) is 0 Å². The van der Waals surface area contributed by atoms with Crippen molar-refractivity contribution in [3.8, 4) is 0 Å². The predicted octanol–water partition coefficient (Wildman–Crippen LogP) is 4.36. The Morgan fingerprint density at radius 2 is 1.80 bits per heavy atom. The van der Waals surface area contributed by atoms with Crippen LogP contribution in [-0.4, -0.2) is 31.0 Å². The molecule has 0 aromatic carbocycles. The standard InChI is InChI=1S/C15H21Br2ClO2/c1-11(2)14-7-9(16)12(3,18)8-10(14)20-15(11,17)6-5-13(14,4)19/h5-6,9-10,19H,7-8H2,1-4H3/t9-,10+,12+,13-,14-,15-/m1/s1. The molecule has 2 bridgehead atoms. The van der Waals surface area contributed by atoms with Gasteiger partial charge in [0.25, 0.3) is 0 Å². The molecule has 6 atom stereocenters. The molecule has 1 saturated heterocycles. The number of hydrogen-bond acceptors (Lipinski definition) is 2. The van der Waals surface area contributed by atoms with Gasteiger partial charge in [-0.3, -0.25) is 0 Å². The summed E-state index contributed by atoms with van der Waals surface area (Å²) in [6.07, 6.45) is 5.29. The Balaban J connectivity index is 2.21. The first kappa shape index (κ1) is 15.8. The maximum absolute atomic E-state index is 11.1. The van der Waals surface area contributed by atoms with E-state index in [1.54, 1.807) is 0 Å². The van der Waals surface area contributed by atoms with E-state index in [1.165, 1.54) is 0 Å². The van der Waals surface area contributed by atoms with E-state index in [4.69, 9.17) is 16.3 Å². The highest BCUT2D eigenvalue weighted by Gasteiger charge is 2.76. The lowest BCUT2D eigenvalue weighted by molar-refractivity contribution is -0.132. The predicted molar refractivity (Wildman–Crippen MR) is 88.7 cm³/mol. The molecule has 1 aliphatic heterocycles. The van der Waals surface area contributed by atoms with Crippen molar-refractivity contribution in [3.63, 3.8) is 0 Å². The molecule has 5 heteroatoms. The van der Waals surface area contributed by atoms with E-state index in [-0.39, 0.29) is 26.6 Å². The van der Waals surface area contributed by atoms with E-state index in [0.29, 0.717) is 0 Å². The van der Waals surface area contributed by atoms with Crippen LogP contribution in [0.1, 0.15) is 40.5 Å². The molecular weight excluding hydrogens is 407 g/mol. The summed E-state index contributed by atoms with van der Waals surface area (Å²) in [4.78, 5) is -0.216. The van der Waals surface area contributed by atoms with Gasteiger partial charge in [0, 0.05) is 15.7 Å². The van der Waals surface area contributed by atoms with Crippen molar-refractivity contribution in [2.45, 2.75) is 66.5 Å². The largest absolute Gasteiger partial charge is 0.385 e. The average molecular weight is 429 g/mol. The molecule has 1 spiro atoms. The molecule has 20 heavy (non-hydrogen) atoms. The number of ether oxygens (including phenoxy) is 1. The first-order chi connectivity index (χ1) is 8.90. The summed E-state index contributed by atoms with van der Waals surface area (Å²) in [6, 6.07) is 0. The lowest BCUT2D eigenvalue weighted by atomic mass is 9.47. The van der Waals surface area contributed by atoms with Gasteiger partial charge < -0.3 is 9.84 Å². The second kappa shape index (κ2) is 4.05. The monoisotopic (exact) mass is 426 g/mol. The van der Waals surface area contributed by atoms with Gasteiger partial charge in [-0.2, -0.15) is 0 Å². The van der Waals surface area contributed by atoms with Gasteiger partial charge in [0.15, 0.2) is 0 Å². The third-order valence-corrected chi connectivity index (χ3v) is 9.55. The molecule has 0 aromatic heterocycles. The molecule has 2 aliphatic carbocycles. The molecule has 2 fully saturated rings. The molecule has 0 amide bonds. The Hall–Kier alpha value is 0.910. The van der Waals surface area contributed by atoms with Crippen LogP contribution < -0.4 is 0 Å². The summed E-state index contributed by atoms with van der Waals surface area (Å²) < 4.78 is 5.84. The summed E-state index contributed by atoms with van der Waals surface area (Å²) in [5.41, 5.74) is -1.50. The first-order valence-corrected chi connectivity index (χ1v) is 9.11. The van der Waals surface area contributed by atoms with E-state index in [0.717, 1.165) is 12.8 Å². The van der Waals surface area contributed by atoms with Crippen LogP contribution in [0.5, 0.6) is 0 Å². The lowest BCUT2D eigenvalue weighted by Gasteiger charge is -2.59. The van der Waals surface area contributed by atoms with Gasteiger partial charge in [-0.1, -0.05) is 35.9 Å². The Morgan fingerprint density at radius 3 is 2.40 bits per heavy atom. The number of hydrogen-bond donors (Lipinski definition) is 1. The van der Waals surface area contributed by atoms with Crippen molar-refractivity contribution in [1.29, 1.82) is 0 Å². The summed E-state index contributed by atoms with van der Waals surface area (Å²) in [5.74, 6) is 0. The fourth-order valence-electron chi connectivity index (χ4n) is 4.58. The van der Waals surface area contributed by atoms with Crippen molar-refractivity contribution in [3.05, 3.63) is 12.2 Å². The molecule has 0 aromatic rings. The normalized spacial score (nSPS) is 60.4. The third-order valence-electron chi connectivity index (χ3n) is 6.10. The SMILES string of the molecule is CC1(C)[C@@]2(Br)C=C[C@@](C)(O)[C@@]13C[C@@H](Br)[C@@](C)(Cl)C[C@@H]3O2. The number of rotatable bonds is 0. The fourth-order valence-corrected chi connectivity index (χ4v) is 6.21. The van der Waals surface area contributed by atoms with Gasteiger partial charge >= 0.3 is 0 Å². The zero-order chi connectivity index (χ0) is 15.2.